The maximum Gasteiger partial charge on any atom is 0.316 e. The summed E-state index contributed by atoms with van der Waals surface area (Å²) < 4.78 is 44.6. The number of carbonyl (C=O) groups excluding carboxylic acids is 1. The first kappa shape index (κ1) is 40.9. The van der Waals surface area contributed by atoms with Gasteiger partial charge in [-0.1, -0.05) is 70.6 Å². The Morgan fingerprint density at radius 1 is 1.11 bits per heavy atom. The minimum absolute atomic E-state index is 0.0307. The minimum atomic E-state index is -1.83. The second-order valence-electron chi connectivity index (χ2n) is 16.5. The molecule has 0 aromatic carbocycles. The number of aliphatic hydroxyl groups is 2. The highest BCUT2D eigenvalue weighted by molar-refractivity contribution is 5.78. The first-order valence-corrected chi connectivity index (χ1v) is 19.6. The molecule has 1 aliphatic carbocycles. The smallest absolute Gasteiger partial charge is 0.316 e. The van der Waals surface area contributed by atoms with Crippen molar-refractivity contribution < 1.29 is 48.2 Å². The molecule has 1 spiro atoms. The van der Waals surface area contributed by atoms with Gasteiger partial charge in [-0.25, -0.2) is 0 Å². The average Bonchev–Trinajstić information content (AvgIpc) is 3.49. The summed E-state index contributed by atoms with van der Waals surface area (Å²) in [4.78, 5) is 14.2. The van der Waals surface area contributed by atoms with Gasteiger partial charge in [0.15, 0.2) is 17.6 Å². The molecule has 6 aliphatic rings. The lowest BCUT2D eigenvalue weighted by atomic mass is 9.71. The largest absolute Gasteiger partial charge is 0.462 e. The van der Waals surface area contributed by atoms with Gasteiger partial charge in [0.05, 0.1) is 43.2 Å². The monoisotopic (exact) mass is 752 g/mol. The minimum Gasteiger partial charge on any atom is -0.462 e. The molecule has 54 heavy (non-hydrogen) atoms. The molecule has 0 aromatic heterocycles. The van der Waals surface area contributed by atoms with E-state index >= 15 is 0 Å². The molecular formula is C42H60N2O10. The van der Waals surface area contributed by atoms with Crippen LogP contribution in [0.2, 0.25) is 0 Å². The molecular weight excluding hydrogens is 692 g/mol. The van der Waals surface area contributed by atoms with Crippen molar-refractivity contribution in [3.63, 3.8) is 0 Å². The van der Waals surface area contributed by atoms with Crippen LogP contribution < -0.4 is 5.73 Å². The van der Waals surface area contributed by atoms with Gasteiger partial charge in [0.25, 0.3) is 0 Å². The quantitative estimate of drug-likeness (QED) is 0.262. The number of hydrogen-bond donors (Lipinski definition) is 3. The fourth-order valence-electron chi connectivity index (χ4n) is 9.11. The van der Waals surface area contributed by atoms with Crippen molar-refractivity contribution in [3.05, 3.63) is 59.3 Å². The lowest BCUT2D eigenvalue weighted by molar-refractivity contribution is -0.300. The summed E-state index contributed by atoms with van der Waals surface area (Å²) in [6, 6.07) is 2.18. The maximum atomic E-state index is 14.2. The van der Waals surface area contributed by atoms with E-state index in [0.717, 1.165) is 12.0 Å². The van der Waals surface area contributed by atoms with Crippen LogP contribution >= 0.6 is 0 Å². The molecule has 12 nitrogen and oxygen atoms in total. The first-order chi connectivity index (χ1) is 25.6. The number of nitrogens with zero attached hydrogens (tertiary/aromatic N) is 1. The molecule has 16 atom stereocenters. The summed E-state index contributed by atoms with van der Waals surface area (Å²) in [5.41, 5.74) is 5.20. The van der Waals surface area contributed by atoms with Gasteiger partial charge in [-0.2, -0.15) is 5.26 Å². The van der Waals surface area contributed by atoms with E-state index in [0.29, 0.717) is 30.4 Å². The second kappa shape index (κ2) is 16.0. The van der Waals surface area contributed by atoms with Crippen LogP contribution in [0, 0.1) is 35.0 Å². The molecule has 4 N–H and O–H groups in total. The highest BCUT2D eigenvalue weighted by atomic mass is 16.7. The predicted octanol–water partition coefficient (Wildman–Crippen LogP) is 4.70. The number of ether oxygens (including phenoxy) is 7. The molecule has 298 valence electrons. The number of esters is 1. The highest BCUT2D eigenvalue weighted by Gasteiger charge is 2.60. The zero-order valence-corrected chi connectivity index (χ0v) is 33.0. The van der Waals surface area contributed by atoms with Crippen LogP contribution in [0.4, 0.5) is 0 Å². The van der Waals surface area contributed by atoms with Gasteiger partial charge < -0.3 is 49.1 Å². The summed E-state index contributed by atoms with van der Waals surface area (Å²) in [7, 11) is 1.53. The van der Waals surface area contributed by atoms with Crippen LogP contribution in [-0.2, 0) is 38.0 Å². The third-order valence-electron chi connectivity index (χ3n) is 12.8. The molecule has 0 amide bonds. The molecule has 0 aromatic rings. The van der Waals surface area contributed by atoms with Gasteiger partial charge in [0.1, 0.15) is 29.8 Å². The highest BCUT2D eigenvalue weighted by Crippen LogP contribution is 2.47. The third kappa shape index (κ3) is 7.57. The number of allylic oxidation sites excluding steroid dienone is 2. The van der Waals surface area contributed by atoms with Crippen LogP contribution in [0.3, 0.4) is 0 Å². The number of fused-ring (bicyclic) bond motifs is 2. The lowest BCUT2D eigenvalue weighted by Crippen LogP contribution is -2.64. The van der Waals surface area contributed by atoms with Crippen LogP contribution in [0.25, 0.3) is 0 Å². The van der Waals surface area contributed by atoms with Gasteiger partial charge in [0.2, 0.25) is 0 Å². The first-order valence-electron chi connectivity index (χ1n) is 19.6. The zero-order chi connectivity index (χ0) is 39.2. The van der Waals surface area contributed by atoms with E-state index in [-0.39, 0.29) is 43.0 Å². The maximum absolute atomic E-state index is 14.2. The number of nitrogens with two attached hydrogens (primary N) is 1. The number of nitriles is 1. The van der Waals surface area contributed by atoms with Crippen molar-refractivity contribution in [1.29, 1.82) is 5.26 Å². The average molecular weight is 753 g/mol. The number of hydrogen-bond acceptors (Lipinski definition) is 12. The summed E-state index contributed by atoms with van der Waals surface area (Å²) in [6.45, 7) is 14.0. The molecule has 0 saturated carbocycles. The molecule has 5 heterocycles. The summed E-state index contributed by atoms with van der Waals surface area (Å²) in [5.74, 6) is -2.56. The summed E-state index contributed by atoms with van der Waals surface area (Å²) in [5, 5.41) is 33.4. The fraction of sp³-hybridized carbons (Fsp3) is 0.714. The SMILES string of the molecule is CCC(C)[C@H]1O[C@]2(C=C[C@@H]1C)C[C@@H]1C[C@@H](CC=C(C)[C@@H](O[C@H]3C[C@H](OC)[C@@](N)(C#N)[C@H](C)O3)C(C)C=CC=C3COC4[C@H](O)C(C)=C[C@@H](C(=O)O1)[C@]34O)O2. The molecule has 3 saturated heterocycles. The summed E-state index contributed by atoms with van der Waals surface area (Å²) in [6.07, 6.45) is 10.1. The Morgan fingerprint density at radius 2 is 1.87 bits per heavy atom. The lowest BCUT2D eigenvalue weighted by Gasteiger charge is -2.48. The van der Waals surface area contributed by atoms with E-state index in [1.807, 2.05) is 32.1 Å². The van der Waals surface area contributed by atoms with Crippen molar-refractivity contribution in [2.24, 2.45) is 29.4 Å². The van der Waals surface area contributed by atoms with Crippen LogP contribution in [0.1, 0.15) is 80.6 Å². The third-order valence-corrected chi connectivity index (χ3v) is 12.8. The molecule has 3 unspecified atom stereocenters. The Kier molecular flexibility index (Phi) is 12.2. The van der Waals surface area contributed by atoms with Crippen LogP contribution in [0.5, 0.6) is 0 Å². The zero-order valence-electron chi connectivity index (χ0n) is 33.0. The predicted molar refractivity (Wildman–Crippen MR) is 199 cm³/mol. The molecule has 12 heteroatoms. The Balaban J connectivity index is 1.39. The Bertz CT molecular complexity index is 1600. The van der Waals surface area contributed by atoms with Gasteiger partial charge >= 0.3 is 5.97 Å². The van der Waals surface area contributed by atoms with Crippen molar-refractivity contribution in [2.75, 3.05) is 13.7 Å². The Hall–Kier alpha value is -2.70. The van der Waals surface area contributed by atoms with Gasteiger partial charge in [-0.15, -0.1) is 0 Å². The van der Waals surface area contributed by atoms with Crippen molar-refractivity contribution in [2.45, 2.75) is 153 Å². The molecule has 3 fully saturated rings. The van der Waals surface area contributed by atoms with Gasteiger partial charge in [0, 0.05) is 38.2 Å². The fourth-order valence-corrected chi connectivity index (χ4v) is 9.11. The number of methoxy groups -OCH3 is 1. The second-order valence-corrected chi connectivity index (χ2v) is 16.5. The van der Waals surface area contributed by atoms with Crippen molar-refractivity contribution >= 4 is 5.97 Å². The van der Waals surface area contributed by atoms with E-state index in [4.69, 9.17) is 38.9 Å². The van der Waals surface area contributed by atoms with E-state index in [1.165, 1.54) is 7.11 Å². The van der Waals surface area contributed by atoms with Gasteiger partial charge in [-0.3, -0.25) is 4.79 Å². The van der Waals surface area contributed by atoms with E-state index in [1.54, 1.807) is 26.0 Å². The standard InChI is InChI=1S/C42H60N2O10/c1-9-23(2)37-26(5)15-16-40(54-37)20-31-18-30(53-40)14-13-25(4)36(52-34-19-33(48-8)41(44,22-43)28(7)50-34)24(3)11-10-12-29-21-49-38-35(45)27(6)17-32(39(46)51-31)42(29,38)47/h10-13,15-17,23-24,26,28,30-38,45,47H,9,14,18-21,44H2,1-8H3/t23?,24?,26-,28-,30+,31-,32-,33-,34-,35+,36-,37+,38?,40+,41+,42+/m0/s1. The van der Waals surface area contributed by atoms with Crippen LogP contribution in [-0.4, -0.2) is 102 Å². The van der Waals surface area contributed by atoms with E-state index in [2.05, 4.69) is 39.0 Å². The Morgan fingerprint density at radius 3 is 2.57 bits per heavy atom. The molecule has 0 radical (unpaired) electrons. The number of carbonyl (C=O) groups is 1. The van der Waals surface area contributed by atoms with E-state index in [9.17, 15) is 20.3 Å². The topological polar surface area (TPSA) is 172 Å². The van der Waals surface area contributed by atoms with Gasteiger partial charge in [-0.05, 0) is 55.9 Å². The van der Waals surface area contributed by atoms with Crippen molar-refractivity contribution in [1.82, 2.24) is 0 Å². The number of rotatable bonds is 5. The molecule has 5 aliphatic heterocycles. The van der Waals surface area contributed by atoms with E-state index < -0.39 is 71.7 Å². The molecule has 2 bridgehead atoms. The van der Waals surface area contributed by atoms with Crippen molar-refractivity contribution in [3.8, 4) is 6.07 Å². The summed E-state index contributed by atoms with van der Waals surface area (Å²) >= 11 is 0. The van der Waals surface area contributed by atoms with Crippen LogP contribution in [0.15, 0.2) is 59.3 Å². The molecule has 6 rings (SSSR count). The normalized spacial score (nSPS) is 46.1. The number of aliphatic hydroxyl groups excluding tert-OH is 1. The Labute approximate surface area is 319 Å².